The van der Waals surface area contributed by atoms with E-state index in [2.05, 4.69) is 58.5 Å². The molecule has 1 atom stereocenters. The summed E-state index contributed by atoms with van der Waals surface area (Å²) < 4.78 is 16.7. The molecule has 1 unspecified atom stereocenters. The van der Waals surface area contributed by atoms with E-state index in [0.717, 1.165) is 36.2 Å². The van der Waals surface area contributed by atoms with Crippen LogP contribution >= 0.6 is 11.3 Å². The third-order valence-electron chi connectivity index (χ3n) is 5.46. The van der Waals surface area contributed by atoms with Crippen molar-refractivity contribution < 1.29 is 4.39 Å². The molecule has 3 nitrogen and oxygen atoms in total. The highest BCUT2D eigenvalue weighted by Gasteiger charge is 2.27. The van der Waals surface area contributed by atoms with Crippen LogP contribution in [0.5, 0.6) is 0 Å². The first-order valence-corrected chi connectivity index (χ1v) is 10.3. The van der Waals surface area contributed by atoms with E-state index >= 15 is 4.39 Å². The van der Waals surface area contributed by atoms with Crippen LogP contribution in [0.15, 0.2) is 60.8 Å². The third-order valence-corrected chi connectivity index (χ3v) is 6.69. The van der Waals surface area contributed by atoms with Crippen LogP contribution < -0.4 is 0 Å². The Bertz CT molecular complexity index is 1110. The lowest BCUT2D eigenvalue weighted by Crippen LogP contribution is -2.17. The van der Waals surface area contributed by atoms with Gasteiger partial charge in [-0.3, -0.25) is 0 Å². The number of benzene rings is 2. The van der Waals surface area contributed by atoms with Crippen LogP contribution in [0, 0.1) is 5.82 Å². The maximum absolute atomic E-state index is 15.5. The number of fused-ring (bicyclic) bond motifs is 2. The summed E-state index contributed by atoms with van der Waals surface area (Å²) in [6.45, 7) is 1.68. The van der Waals surface area contributed by atoms with Crippen molar-refractivity contribution in [2.75, 3.05) is 13.6 Å². The van der Waals surface area contributed by atoms with E-state index in [0.29, 0.717) is 5.69 Å². The average molecular weight is 389 g/mol. The van der Waals surface area contributed by atoms with Crippen LogP contribution in [0.2, 0.25) is 0 Å². The van der Waals surface area contributed by atoms with E-state index in [-0.39, 0.29) is 11.7 Å². The molecule has 0 saturated carbocycles. The van der Waals surface area contributed by atoms with Crippen molar-refractivity contribution in [3.05, 3.63) is 82.6 Å². The first-order valence-electron chi connectivity index (χ1n) is 9.46. The van der Waals surface area contributed by atoms with Crippen LogP contribution in [0.3, 0.4) is 0 Å². The lowest BCUT2D eigenvalue weighted by Gasteiger charge is -2.18. The molecule has 0 fully saturated rings. The lowest BCUT2D eigenvalue weighted by molar-refractivity contribution is 0.328. The number of thiophene rings is 1. The summed E-state index contributed by atoms with van der Waals surface area (Å²) in [5.74, 6) is -0.0656. The van der Waals surface area contributed by atoms with Crippen molar-refractivity contribution in [3.63, 3.8) is 0 Å². The second-order valence-electron chi connectivity index (χ2n) is 7.41. The third kappa shape index (κ3) is 3.11. The van der Waals surface area contributed by atoms with Crippen LogP contribution in [0.1, 0.15) is 28.3 Å². The van der Waals surface area contributed by atoms with Crippen LogP contribution in [-0.4, -0.2) is 28.7 Å². The number of hydrogen-bond acceptors (Lipinski definition) is 4. The standard InChI is InChI=1S/C23H20FN3S/c1-27-10-8-18(22-13-15-5-2-3-7-21(15)28-22)23-17(14-27)11-16(12-19(23)24)20-6-4-9-25-26-20/h2-7,9,11-13,18H,8,10,14H2,1H3. The molecule has 5 heteroatoms. The van der Waals surface area contributed by atoms with Gasteiger partial charge >= 0.3 is 0 Å². The number of aromatic nitrogens is 2. The minimum Gasteiger partial charge on any atom is -0.302 e. The number of hydrogen-bond donors (Lipinski definition) is 0. The Labute approximate surface area is 167 Å². The van der Waals surface area contributed by atoms with E-state index in [4.69, 9.17) is 0 Å². The Morgan fingerprint density at radius 2 is 2.00 bits per heavy atom. The fraction of sp³-hybridized carbons (Fsp3) is 0.217. The molecular formula is C23H20FN3S. The fourth-order valence-corrected chi connectivity index (χ4v) is 5.33. The first kappa shape index (κ1) is 17.5. The summed E-state index contributed by atoms with van der Waals surface area (Å²) >= 11 is 1.78. The minimum atomic E-state index is -0.143. The molecule has 2 aromatic carbocycles. The van der Waals surface area contributed by atoms with Crippen LogP contribution in [0.4, 0.5) is 4.39 Å². The van der Waals surface area contributed by atoms with Gasteiger partial charge < -0.3 is 4.90 Å². The summed E-state index contributed by atoms with van der Waals surface area (Å²) in [4.78, 5) is 3.51. The first-order chi connectivity index (χ1) is 13.7. The molecule has 0 N–H and O–H groups in total. The Morgan fingerprint density at radius 3 is 2.82 bits per heavy atom. The zero-order chi connectivity index (χ0) is 19.1. The Hall–Kier alpha value is -2.63. The molecule has 4 aromatic rings. The number of rotatable bonds is 2. The Morgan fingerprint density at radius 1 is 1.11 bits per heavy atom. The zero-order valence-corrected chi connectivity index (χ0v) is 16.4. The molecule has 0 saturated heterocycles. The van der Waals surface area contributed by atoms with Crippen molar-refractivity contribution in [2.45, 2.75) is 18.9 Å². The summed E-state index contributed by atoms with van der Waals surface area (Å²) in [6.07, 6.45) is 2.55. The maximum Gasteiger partial charge on any atom is 0.128 e. The predicted octanol–water partition coefficient (Wildman–Crippen LogP) is 5.46. The second kappa shape index (κ2) is 7.08. The highest BCUT2D eigenvalue weighted by molar-refractivity contribution is 7.19. The van der Waals surface area contributed by atoms with Crippen molar-refractivity contribution in [2.24, 2.45) is 0 Å². The maximum atomic E-state index is 15.5. The minimum absolute atomic E-state index is 0.0771. The topological polar surface area (TPSA) is 29.0 Å². The lowest BCUT2D eigenvalue weighted by atomic mass is 9.89. The molecule has 140 valence electrons. The molecule has 0 radical (unpaired) electrons. The van der Waals surface area contributed by atoms with Crippen molar-refractivity contribution in [3.8, 4) is 11.3 Å². The van der Waals surface area contributed by atoms with Crippen molar-refractivity contribution >= 4 is 21.4 Å². The highest BCUT2D eigenvalue weighted by atomic mass is 32.1. The van der Waals surface area contributed by atoms with Gasteiger partial charge in [0.25, 0.3) is 0 Å². The van der Waals surface area contributed by atoms with E-state index in [9.17, 15) is 0 Å². The largest absolute Gasteiger partial charge is 0.302 e. The second-order valence-corrected chi connectivity index (χ2v) is 8.52. The molecular weight excluding hydrogens is 369 g/mol. The van der Waals surface area contributed by atoms with E-state index in [1.54, 1.807) is 23.6 Å². The summed E-state index contributed by atoms with van der Waals surface area (Å²) in [5.41, 5.74) is 3.37. The van der Waals surface area contributed by atoms with Crippen molar-refractivity contribution in [1.82, 2.24) is 15.1 Å². The van der Waals surface area contributed by atoms with E-state index in [1.807, 2.05) is 12.1 Å². The normalized spacial score (nSPS) is 17.4. The van der Waals surface area contributed by atoms with E-state index in [1.165, 1.54) is 15.0 Å². The molecule has 0 amide bonds. The highest BCUT2D eigenvalue weighted by Crippen LogP contribution is 2.41. The average Bonchev–Trinajstić information content (AvgIpc) is 3.06. The molecule has 28 heavy (non-hydrogen) atoms. The van der Waals surface area contributed by atoms with Gasteiger partial charge in [0.15, 0.2) is 0 Å². The van der Waals surface area contributed by atoms with Gasteiger partial charge in [0.2, 0.25) is 0 Å². The van der Waals surface area contributed by atoms with Gasteiger partial charge in [-0.1, -0.05) is 18.2 Å². The monoisotopic (exact) mass is 389 g/mol. The molecule has 0 bridgehead atoms. The quantitative estimate of drug-likeness (QED) is 0.455. The summed E-state index contributed by atoms with van der Waals surface area (Å²) in [5, 5.41) is 9.34. The smallest absolute Gasteiger partial charge is 0.128 e. The Kier molecular flexibility index (Phi) is 4.41. The summed E-state index contributed by atoms with van der Waals surface area (Å²) in [7, 11) is 2.10. The van der Waals surface area contributed by atoms with Gasteiger partial charge in [-0.05, 0) is 67.4 Å². The van der Waals surface area contributed by atoms with Gasteiger partial charge in [0.05, 0.1) is 5.69 Å². The molecule has 0 spiro atoms. The van der Waals surface area contributed by atoms with Crippen LogP contribution in [0.25, 0.3) is 21.3 Å². The molecule has 1 aliphatic heterocycles. The fourth-order valence-electron chi connectivity index (χ4n) is 4.12. The van der Waals surface area contributed by atoms with E-state index < -0.39 is 0 Å². The van der Waals surface area contributed by atoms with Gasteiger partial charge in [0, 0.05) is 39.4 Å². The molecule has 2 aromatic heterocycles. The predicted molar refractivity (Wildman–Crippen MR) is 112 cm³/mol. The SMILES string of the molecule is CN1CCC(c2cc3ccccc3s2)c2c(F)cc(-c3cccnn3)cc2C1. The molecule has 5 rings (SSSR count). The van der Waals surface area contributed by atoms with Crippen molar-refractivity contribution in [1.29, 1.82) is 0 Å². The Balaban J connectivity index is 1.66. The zero-order valence-electron chi connectivity index (χ0n) is 15.6. The summed E-state index contributed by atoms with van der Waals surface area (Å²) in [6, 6.07) is 18.0. The molecule has 0 aliphatic carbocycles. The van der Waals surface area contributed by atoms with Gasteiger partial charge in [-0.25, -0.2) is 4.39 Å². The van der Waals surface area contributed by atoms with Crippen LogP contribution in [-0.2, 0) is 6.54 Å². The number of nitrogens with zero attached hydrogens (tertiary/aromatic N) is 3. The number of halogens is 1. The van der Waals surface area contributed by atoms with Gasteiger partial charge in [-0.15, -0.1) is 11.3 Å². The molecule has 3 heterocycles. The molecule has 1 aliphatic rings. The van der Waals surface area contributed by atoms with Gasteiger partial charge in [-0.2, -0.15) is 10.2 Å². The van der Waals surface area contributed by atoms with Gasteiger partial charge in [0.1, 0.15) is 5.82 Å².